The van der Waals surface area contributed by atoms with Crippen LogP contribution in [-0.2, 0) is 16.4 Å². The molecule has 5 nitrogen and oxygen atoms in total. The van der Waals surface area contributed by atoms with Gasteiger partial charge in [0.05, 0.1) is 10.5 Å². The van der Waals surface area contributed by atoms with E-state index in [2.05, 4.69) is 10.0 Å². The zero-order valence-corrected chi connectivity index (χ0v) is 12.5. The van der Waals surface area contributed by atoms with E-state index in [9.17, 15) is 13.5 Å². The van der Waals surface area contributed by atoms with Gasteiger partial charge in [0.2, 0.25) is 10.0 Å². The van der Waals surface area contributed by atoms with Crippen molar-refractivity contribution in [1.29, 1.82) is 0 Å². The standard InChI is InChI=1S/C14H22N2O3S/c1-2-12-4-6-13(7-5-12)20(18,19)16-11-14(17)8-3-9-15-10-14/h4-7,15-17H,2-3,8-11H2,1H3. The summed E-state index contributed by atoms with van der Waals surface area (Å²) in [5, 5.41) is 13.4. The van der Waals surface area contributed by atoms with E-state index in [0.29, 0.717) is 13.0 Å². The fourth-order valence-electron chi connectivity index (χ4n) is 2.32. The van der Waals surface area contributed by atoms with E-state index in [0.717, 1.165) is 24.9 Å². The Bertz CT molecular complexity index is 534. The topological polar surface area (TPSA) is 78.4 Å². The lowest BCUT2D eigenvalue weighted by molar-refractivity contribution is 0.0218. The van der Waals surface area contributed by atoms with Crippen molar-refractivity contribution in [1.82, 2.24) is 10.0 Å². The number of nitrogens with one attached hydrogen (secondary N) is 2. The molecule has 0 aliphatic carbocycles. The average Bonchev–Trinajstić information content (AvgIpc) is 2.46. The fourth-order valence-corrected chi connectivity index (χ4v) is 3.44. The molecule has 1 saturated heterocycles. The molecule has 6 heteroatoms. The van der Waals surface area contributed by atoms with Crippen LogP contribution in [0.25, 0.3) is 0 Å². The Morgan fingerprint density at radius 2 is 2.05 bits per heavy atom. The third-order valence-electron chi connectivity index (χ3n) is 3.68. The van der Waals surface area contributed by atoms with E-state index in [1.165, 1.54) is 0 Å². The number of piperidine rings is 1. The molecule has 0 radical (unpaired) electrons. The summed E-state index contributed by atoms with van der Waals surface area (Å²) in [5.41, 5.74) is 0.105. The molecule has 0 bridgehead atoms. The predicted octanol–water partition coefficient (Wildman–Crippen LogP) is 0.642. The SMILES string of the molecule is CCc1ccc(S(=O)(=O)NCC2(O)CCCNC2)cc1. The minimum Gasteiger partial charge on any atom is -0.387 e. The van der Waals surface area contributed by atoms with Crippen molar-refractivity contribution in [2.45, 2.75) is 36.7 Å². The Kier molecular flexibility index (Phi) is 4.80. The van der Waals surface area contributed by atoms with Gasteiger partial charge >= 0.3 is 0 Å². The quantitative estimate of drug-likeness (QED) is 0.745. The molecule has 1 heterocycles. The first-order valence-electron chi connectivity index (χ1n) is 6.97. The van der Waals surface area contributed by atoms with Crippen LogP contribution in [-0.4, -0.2) is 38.8 Å². The number of rotatable bonds is 5. The predicted molar refractivity (Wildman–Crippen MR) is 78.1 cm³/mol. The molecule has 0 aromatic heterocycles. The summed E-state index contributed by atoms with van der Waals surface area (Å²) < 4.78 is 26.9. The van der Waals surface area contributed by atoms with Crippen LogP contribution in [0, 0.1) is 0 Å². The highest BCUT2D eigenvalue weighted by Gasteiger charge is 2.30. The molecule has 0 amide bonds. The lowest BCUT2D eigenvalue weighted by Crippen LogP contribution is -2.52. The molecule has 3 N–H and O–H groups in total. The molecule has 0 spiro atoms. The summed E-state index contributed by atoms with van der Waals surface area (Å²) in [6.07, 6.45) is 2.33. The fraction of sp³-hybridized carbons (Fsp3) is 0.571. The van der Waals surface area contributed by atoms with Gasteiger partial charge in [-0.15, -0.1) is 0 Å². The largest absolute Gasteiger partial charge is 0.387 e. The number of benzene rings is 1. The molecule has 20 heavy (non-hydrogen) atoms. The zero-order chi connectivity index (χ0) is 14.6. The first-order valence-corrected chi connectivity index (χ1v) is 8.45. The van der Waals surface area contributed by atoms with Gasteiger partial charge < -0.3 is 10.4 Å². The smallest absolute Gasteiger partial charge is 0.240 e. The Morgan fingerprint density at radius 3 is 2.60 bits per heavy atom. The van der Waals surface area contributed by atoms with Crippen molar-refractivity contribution in [2.75, 3.05) is 19.6 Å². The van der Waals surface area contributed by atoms with Crippen LogP contribution in [0.15, 0.2) is 29.2 Å². The zero-order valence-electron chi connectivity index (χ0n) is 11.7. The van der Waals surface area contributed by atoms with Crippen molar-refractivity contribution in [3.05, 3.63) is 29.8 Å². The van der Waals surface area contributed by atoms with Gasteiger partial charge in [0, 0.05) is 13.1 Å². The van der Waals surface area contributed by atoms with Gasteiger partial charge in [-0.1, -0.05) is 19.1 Å². The highest BCUT2D eigenvalue weighted by molar-refractivity contribution is 7.89. The summed E-state index contributed by atoms with van der Waals surface area (Å²) in [6, 6.07) is 6.82. The maximum atomic E-state index is 12.2. The highest BCUT2D eigenvalue weighted by Crippen LogP contribution is 2.16. The molecule has 1 aromatic rings. The Morgan fingerprint density at radius 1 is 1.35 bits per heavy atom. The van der Waals surface area contributed by atoms with Gasteiger partial charge in [0.15, 0.2) is 0 Å². The summed E-state index contributed by atoms with van der Waals surface area (Å²) in [6.45, 7) is 3.35. The van der Waals surface area contributed by atoms with Crippen LogP contribution in [0.1, 0.15) is 25.3 Å². The van der Waals surface area contributed by atoms with Gasteiger partial charge in [0.1, 0.15) is 0 Å². The Hall–Kier alpha value is -0.950. The lowest BCUT2D eigenvalue weighted by Gasteiger charge is -2.32. The van der Waals surface area contributed by atoms with E-state index in [4.69, 9.17) is 0 Å². The van der Waals surface area contributed by atoms with Crippen molar-refractivity contribution >= 4 is 10.0 Å². The van der Waals surface area contributed by atoms with Crippen molar-refractivity contribution in [3.63, 3.8) is 0 Å². The second-order valence-electron chi connectivity index (χ2n) is 5.33. The van der Waals surface area contributed by atoms with Gasteiger partial charge in [-0.25, -0.2) is 13.1 Å². The summed E-state index contributed by atoms with van der Waals surface area (Å²) in [4.78, 5) is 0.238. The molecule has 1 unspecified atom stereocenters. The third kappa shape index (κ3) is 3.79. The number of hydrogen-bond donors (Lipinski definition) is 3. The second kappa shape index (κ2) is 6.22. The highest BCUT2D eigenvalue weighted by atomic mass is 32.2. The van der Waals surface area contributed by atoms with Crippen molar-refractivity contribution in [2.24, 2.45) is 0 Å². The van der Waals surface area contributed by atoms with Crippen LogP contribution >= 0.6 is 0 Å². The Labute approximate surface area is 120 Å². The van der Waals surface area contributed by atoms with Crippen LogP contribution in [0.2, 0.25) is 0 Å². The summed E-state index contributed by atoms with van der Waals surface area (Å²) in [5.74, 6) is 0. The van der Waals surface area contributed by atoms with E-state index < -0.39 is 15.6 Å². The van der Waals surface area contributed by atoms with Crippen LogP contribution < -0.4 is 10.0 Å². The molecule has 1 fully saturated rings. The first kappa shape index (κ1) is 15.4. The minimum atomic E-state index is -3.56. The maximum absolute atomic E-state index is 12.2. The number of hydrogen-bond acceptors (Lipinski definition) is 4. The van der Waals surface area contributed by atoms with E-state index >= 15 is 0 Å². The molecule has 112 valence electrons. The monoisotopic (exact) mass is 298 g/mol. The summed E-state index contributed by atoms with van der Waals surface area (Å²) in [7, 11) is -3.56. The van der Waals surface area contributed by atoms with Crippen molar-refractivity contribution in [3.8, 4) is 0 Å². The second-order valence-corrected chi connectivity index (χ2v) is 7.09. The number of aryl methyl sites for hydroxylation is 1. The van der Waals surface area contributed by atoms with Gasteiger partial charge in [-0.3, -0.25) is 0 Å². The Balaban J connectivity index is 2.02. The maximum Gasteiger partial charge on any atom is 0.240 e. The molecular weight excluding hydrogens is 276 g/mol. The lowest BCUT2D eigenvalue weighted by atomic mass is 9.95. The molecular formula is C14H22N2O3S. The van der Waals surface area contributed by atoms with Gasteiger partial charge in [0.25, 0.3) is 0 Å². The number of β-amino-alcohol motifs (C(OH)–C–C–N with tert-alkyl or cyclic N) is 1. The van der Waals surface area contributed by atoms with Gasteiger partial charge in [-0.2, -0.15) is 0 Å². The molecule has 1 atom stereocenters. The number of aliphatic hydroxyl groups is 1. The normalized spacial score (nSPS) is 23.7. The van der Waals surface area contributed by atoms with Crippen molar-refractivity contribution < 1.29 is 13.5 Å². The molecule has 0 saturated carbocycles. The van der Waals surface area contributed by atoms with E-state index in [1.54, 1.807) is 12.1 Å². The van der Waals surface area contributed by atoms with E-state index in [-0.39, 0.29) is 11.4 Å². The summed E-state index contributed by atoms with van der Waals surface area (Å²) >= 11 is 0. The van der Waals surface area contributed by atoms with Gasteiger partial charge in [-0.05, 0) is 43.5 Å². The van der Waals surface area contributed by atoms with Crippen LogP contribution in [0.4, 0.5) is 0 Å². The number of sulfonamides is 1. The van der Waals surface area contributed by atoms with E-state index in [1.807, 2.05) is 19.1 Å². The van der Waals surface area contributed by atoms with Crippen LogP contribution in [0.3, 0.4) is 0 Å². The first-order chi connectivity index (χ1) is 9.45. The molecule has 2 rings (SSSR count). The molecule has 1 aromatic carbocycles. The third-order valence-corrected chi connectivity index (χ3v) is 5.10. The average molecular weight is 298 g/mol. The minimum absolute atomic E-state index is 0.0395. The molecule has 1 aliphatic rings. The molecule has 1 aliphatic heterocycles. The van der Waals surface area contributed by atoms with Crippen LogP contribution in [0.5, 0.6) is 0 Å².